The fraction of sp³-hybridized carbons (Fsp3) is 0.235. The fourth-order valence-electron chi connectivity index (χ4n) is 2.38. The Kier molecular flexibility index (Phi) is 4.76. The maximum absolute atomic E-state index is 12.8. The Balaban J connectivity index is 2.69. The largest absolute Gasteiger partial charge is 0.331 e. The van der Waals surface area contributed by atoms with Crippen molar-refractivity contribution in [3.8, 4) is 0 Å². The van der Waals surface area contributed by atoms with Gasteiger partial charge >= 0.3 is 0 Å². The number of aryl methyl sites for hydroxylation is 1. The summed E-state index contributed by atoms with van der Waals surface area (Å²) in [6.07, 6.45) is 0. The second-order valence-electron chi connectivity index (χ2n) is 5.05. The first kappa shape index (κ1) is 15.7. The van der Waals surface area contributed by atoms with Crippen LogP contribution in [0.2, 0.25) is 0 Å². The van der Waals surface area contributed by atoms with Crippen LogP contribution in [-0.4, -0.2) is 12.9 Å². The van der Waals surface area contributed by atoms with Crippen molar-refractivity contribution in [2.75, 3.05) is 7.11 Å². The number of hydrogen-bond acceptors (Lipinski definition) is 3. The summed E-state index contributed by atoms with van der Waals surface area (Å²) in [5.41, 5.74) is 4.03. The maximum atomic E-state index is 12.8. The zero-order valence-corrected chi connectivity index (χ0v) is 13.7. The molecule has 0 aliphatic heterocycles. The molecular formula is C17H19O3P. The van der Waals surface area contributed by atoms with Crippen LogP contribution in [0, 0.1) is 20.8 Å². The smallest absolute Gasteiger partial charge is 0.221 e. The lowest BCUT2D eigenvalue weighted by Crippen LogP contribution is -2.18. The Morgan fingerprint density at radius 3 is 2.24 bits per heavy atom. The van der Waals surface area contributed by atoms with Crippen LogP contribution in [0.1, 0.15) is 32.6 Å². The molecule has 0 N–H and O–H groups in total. The molecule has 2 aromatic carbocycles. The molecule has 0 amide bonds. The first-order valence-corrected chi connectivity index (χ1v) is 8.08. The summed E-state index contributed by atoms with van der Waals surface area (Å²) in [6.45, 7) is 5.82. The number of hydrogen-bond donors (Lipinski definition) is 0. The van der Waals surface area contributed by atoms with Gasteiger partial charge in [-0.25, -0.2) is 0 Å². The van der Waals surface area contributed by atoms with Crippen LogP contribution in [0.4, 0.5) is 0 Å². The molecule has 0 aliphatic carbocycles. The lowest BCUT2D eigenvalue weighted by atomic mass is 9.93. The van der Waals surface area contributed by atoms with Gasteiger partial charge in [0.15, 0.2) is 5.78 Å². The van der Waals surface area contributed by atoms with Gasteiger partial charge in [-0.05, 0) is 43.5 Å². The third-order valence-corrected chi connectivity index (χ3v) is 5.03. The van der Waals surface area contributed by atoms with Crippen molar-refractivity contribution >= 4 is 19.1 Å². The molecule has 0 fully saturated rings. The van der Waals surface area contributed by atoms with Crippen LogP contribution in [0.5, 0.6) is 0 Å². The van der Waals surface area contributed by atoms with Gasteiger partial charge in [-0.3, -0.25) is 9.36 Å². The van der Waals surface area contributed by atoms with Crippen molar-refractivity contribution in [2.45, 2.75) is 20.8 Å². The topological polar surface area (TPSA) is 43.4 Å². The van der Waals surface area contributed by atoms with Crippen molar-refractivity contribution in [3.63, 3.8) is 0 Å². The van der Waals surface area contributed by atoms with Gasteiger partial charge in [-0.2, -0.15) is 0 Å². The fourth-order valence-corrected chi connectivity index (χ4v) is 3.44. The van der Waals surface area contributed by atoms with Crippen molar-refractivity contribution < 1.29 is 13.9 Å². The number of rotatable bonds is 4. The van der Waals surface area contributed by atoms with Gasteiger partial charge in [-0.15, -0.1) is 0 Å². The molecule has 2 aromatic rings. The predicted octanol–water partition coefficient (Wildman–Crippen LogP) is 3.59. The Morgan fingerprint density at radius 1 is 1.05 bits per heavy atom. The van der Waals surface area contributed by atoms with E-state index in [2.05, 4.69) is 0 Å². The van der Waals surface area contributed by atoms with Gasteiger partial charge in [0, 0.05) is 23.5 Å². The van der Waals surface area contributed by atoms with Gasteiger partial charge in [-0.1, -0.05) is 30.3 Å². The highest BCUT2D eigenvalue weighted by molar-refractivity contribution is 7.48. The summed E-state index contributed by atoms with van der Waals surface area (Å²) in [5.74, 6) is -0.110. The van der Waals surface area contributed by atoms with Crippen molar-refractivity contribution in [1.82, 2.24) is 0 Å². The van der Waals surface area contributed by atoms with Gasteiger partial charge in [0.1, 0.15) is 0 Å². The third-order valence-electron chi connectivity index (χ3n) is 3.83. The minimum absolute atomic E-state index is 0.110. The molecule has 0 radical (unpaired) electrons. The summed E-state index contributed by atoms with van der Waals surface area (Å²) < 4.78 is 17.2. The highest BCUT2D eigenvalue weighted by Crippen LogP contribution is 2.28. The Morgan fingerprint density at radius 2 is 1.67 bits per heavy atom. The van der Waals surface area contributed by atoms with Crippen molar-refractivity contribution in [2.24, 2.45) is 0 Å². The summed E-state index contributed by atoms with van der Waals surface area (Å²) in [7, 11) is -1.01. The molecule has 0 saturated carbocycles. The zero-order valence-electron chi connectivity index (χ0n) is 12.7. The number of ketones is 1. The van der Waals surface area contributed by atoms with Gasteiger partial charge in [0.05, 0.1) is 0 Å². The first-order chi connectivity index (χ1) is 9.97. The van der Waals surface area contributed by atoms with Crippen LogP contribution in [0.15, 0.2) is 36.4 Å². The quantitative estimate of drug-likeness (QED) is 0.640. The maximum Gasteiger partial charge on any atom is 0.221 e. The molecule has 0 aliphatic rings. The van der Waals surface area contributed by atoms with Crippen LogP contribution in [-0.2, 0) is 9.09 Å². The number of carbonyl (C=O) groups excluding carboxylic acids is 1. The van der Waals surface area contributed by atoms with E-state index in [0.717, 1.165) is 16.7 Å². The molecule has 1 atom stereocenters. The van der Waals surface area contributed by atoms with Gasteiger partial charge < -0.3 is 4.52 Å². The molecule has 0 bridgehead atoms. The Labute approximate surface area is 125 Å². The van der Waals surface area contributed by atoms with E-state index in [4.69, 9.17) is 4.52 Å². The SMILES string of the molecule is CO[PH](=O)c1cc(C)c(C)c(C)c1C(=O)c1ccccc1. The first-order valence-electron chi connectivity index (χ1n) is 6.76. The van der Waals surface area contributed by atoms with E-state index < -0.39 is 8.03 Å². The van der Waals surface area contributed by atoms with E-state index in [-0.39, 0.29) is 5.78 Å². The zero-order chi connectivity index (χ0) is 15.6. The van der Waals surface area contributed by atoms with Crippen molar-refractivity contribution in [1.29, 1.82) is 0 Å². The molecular weight excluding hydrogens is 283 g/mol. The second kappa shape index (κ2) is 6.38. The molecule has 3 nitrogen and oxygen atoms in total. The standard InChI is InChI=1S/C17H19O3P/c1-11-10-15(21(19)20-4)16(13(3)12(11)2)17(18)14-8-6-5-7-9-14/h5-10,21H,1-4H3. The second-order valence-corrected chi connectivity index (χ2v) is 6.57. The normalized spacial score (nSPS) is 12.2. The molecule has 110 valence electrons. The molecule has 1 unspecified atom stereocenters. The minimum atomic E-state index is -2.42. The van der Waals surface area contributed by atoms with E-state index >= 15 is 0 Å². The van der Waals surface area contributed by atoms with Crippen molar-refractivity contribution in [3.05, 3.63) is 64.2 Å². The Hall–Kier alpha value is -1.70. The minimum Gasteiger partial charge on any atom is -0.331 e. The average molecular weight is 302 g/mol. The highest BCUT2D eigenvalue weighted by atomic mass is 31.1. The number of benzene rings is 2. The number of carbonyl (C=O) groups is 1. The molecule has 0 heterocycles. The summed E-state index contributed by atoms with van der Waals surface area (Å²) >= 11 is 0. The molecule has 4 heteroatoms. The monoisotopic (exact) mass is 302 g/mol. The third kappa shape index (κ3) is 2.99. The van der Waals surface area contributed by atoms with Gasteiger partial charge in [0.25, 0.3) is 0 Å². The van der Waals surface area contributed by atoms with E-state index in [9.17, 15) is 9.36 Å². The molecule has 0 spiro atoms. The summed E-state index contributed by atoms with van der Waals surface area (Å²) in [5, 5.41) is 0.511. The predicted molar refractivity (Wildman–Crippen MR) is 86.2 cm³/mol. The van der Waals surface area contributed by atoms with E-state index in [1.807, 2.05) is 45.0 Å². The summed E-state index contributed by atoms with van der Waals surface area (Å²) in [4.78, 5) is 12.8. The molecule has 21 heavy (non-hydrogen) atoms. The lowest BCUT2D eigenvalue weighted by molar-refractivity contribution is 0.103. The van der Waals surface area contributed by atoms with Gasteiger partial charge in [0.2, 0.25) is 8.03 Å². The lowest BCUT2D eigenvalue weighted by Gasteiger charge is -2.15. The summed E-state index contributed by atoms with van der Waals surface area (Å²) in [6, 6.07) is 10.9. The molecule has 0 saturated heterocycles. The van der Waals surface area contributed by atoms with E-state index in [1.54, 1.807) is 12.1 Å². The van der Waals surface area contributed by atoms with Crippen LogP contribution in [0.3, 0.4) is 0 Å². The van der Waals surface area contributed by atoms with E-state index in [1.165, 1.54) is 7.11 Å². The molecule has 0 aromatic heterocycles. The van der Waals surface area contributed by atoms with E-state index in [0.29, 0.717) is 16.4 Å². The Bertz CT molecular complexity index is 706. The highest BCUT2D eigenvalue weighted by Gasteiger charge is 2.21. The average Bonchev–Trinajstić information content (AvgIpc) is 2.51. The van der Waals surface area contributed by atoms with Crippen LogP contribution in [0.25, 0.3) is 0 Å². The molecule has 2 rings (SSSR count). The van der Waals surface area contributed by atoms with Crippen LogP contribution < -0.4 is 5.30 Å². The van der Waals surface area contributed by atoms with Crippen LogP contribution >= 0.6 is 8.03 Å².